The molecule has 1 fully saturated rings. The van der Waals surface area contributed by atoms with Gasteiger partial charge in [0.2, 0.25) is 10.0 Å². The molecule has 7 heteroatoms. The molecule has 1 aliphatic rings. The van der Waals surface area contributed by atoms with Crippen molar-refractivity contribution in [2.24, 2.45) is 0 Å². The van der Waals surface area contributed by atoms with Crippen LogP contribution in [0.3, 0.4) is 0 Å². The van der Waals surface area contributed by atoms with Crippen molar-refractivity contribution in [3.63, 3.8) is 0 Å². The van der Waals surface area contributed by atoms with Crippen molar-refractivity contribution in [2.45, 2.75) is 56.0 Å². The van der Waals surface area contributed by atoms with Crippen molar-refractivity contribution in [2.75, 3.05) is 5.32 Å². The molecule has 0 aromatic heterocycles. The van der Waals surface area contributed by atoms with E-state index in [1.54, 1.807) is 13.0 Å². The quantitative estimate of drug-likeness (QED) is 0.646. The van der Waals surface area contributed by atoms with Crippen molar-refractivity contribution < 1.29 is 18.3 Å². The second-order valence-electron chi connectivity index (χ2n) is 7.25. The predicted molar refractivity (Wildman–Crippen MR) is 109 cm³/mol. The highest BCUT2D eigenvalue weighted by molar-refractivity contribution is 7.89. The minimum absolute atomic E-state index is 0.0270. The zero-order valence-corrected chi connectivity index (χ0v) is 16.7. The fourth-order valence-electron chi connectivity index (χ4n) is 3.57. The van der Waals surface area contributed by atoms with Gasteiger partial charge in [0.15, 0.2) is 0 Å². The smallest absolute Gasteiger partial charge is 0.337 e. The Labute approximate surface area is 166 Å². The monoisotopic (exact) mass is 402 g/mol. The van der Waals surface area contributed by atoms with Gasteiger partial charge in [-0.15, -0.1) is 0 Å². The van der Waals surface area contributed by atoms with Gasteiger partial charge in [0, 0.05) is 17.8 Å². The SMILES string of the molecule is C[C@@H](NS(=O)(=O)c1ccc(NC2CCCCC2)c(C(=O)O)c1)c1ccccc1. The number of carboxylic acid groups (broad SMARTS) is 1. The number of rotatable bonds is 7. The van der Waals surface area contributed by atoms with Crippen LogP contribution in [-0.4, -0.2) is 25.5 Å². The standard InChI is InChI=1S/C21H26N2O4S/c1-15(16-8-4-2-5-9-16)23-28(26,27)18-12-13-20(19(14-18)21(24)25)22-17-10-6-3-7-11-17/h2,4-5,8-9,12-15,17,22-23H,3,6-7,10-11H2,1H3,(H,24,25)/t15-/m1/s1. The maximum atomic E-state index is 12.8. The molecule has 0 heterocycles. The number of anilines is 1. The molecule has 0 saturated heterocycles. The molecular formula is C21H26N2O4S. The zero-order chi connectivity index (χ0) is 20.1. The first kappa shape index (κ1) is 20.4. The van der Waals surface area contributed by atoms with Gasteiger partial charge in [-0.25, -0.2) is 17.9 Å². The largest absolute Gasteiger partial charge is 0.478 e. The maximum absolute atomic E-state index is 12.8. The van der Waals surface area contributed by atoms with Crippen LogP contribution in [0.15, 0.2) is 53.4 Å². The van der Waals surface area contributed by atoms with E-state index in [2.05, 4.69) is 10.0 Å². The van der Waals surface area contributed by atoms with Gasteiger partial charge in [0.25, 0.3) is 0 Å². The molecule has 6 nitrogen and oxygen atoms in total. The van der Waals surface area contributed by atoms with Crippen molar-refractivity contribution in [1.29, 1.82) is 0 Å². The number of hydrogen-bond donors (Lipinski definition) is 3. The fourth-order valence-corrected chi connectivity index (χ4v) is 4.83. The van der Waals surface area contributed by atoms with Crippen LogP contribution in [0.4, 0.5) is 5.69 Å². The molecule has 0 unspecified atom stereocenters. The summed E-state index contributed by atoms with van der Waals surface area (Å²) in [6.45, 7) is 1.75. The Kier molecular flexibility index (Phi) is 6.36. The zero-order valence-electron chi connectivity index (χ0n) is 15.9. The van der Waals surface area contributed by atoms with E-state index in [0.717, 1.165) is 31.2 Å². The van der Waals surface area contributed by atoms with Crippen LogP contribution in [0, 0.1) is 0 Å². The van der Waals surface area contributed by atoms with Gasteiger partial charge in [-0.2, -0.15) is 0 Å². The third-order valence-electron chi connectivity index (χ3n) is 5.13. The van der Waals surface area contributed by atoms with Crippen LogP contribution in [0.5, 0.6) is 0 Å². The van der Waals surface area contributed by atoms with Crippen molar-refractivity contribution in [3.8, 4) is 0 Å². The summed E-state index contributed by atoms with van der Waals surface area (Å²) in [6, 6.07) is 13.3. The lowest BCUT2D eigenvalue weighted by Gasteiger charge is -2.25. The molecular weight excluding hydrogens is 376 g/mol. The van der Waals surface area contributed by atoms with Gasteiger partial charge in [-0.1, -0.05) is 49.6 Å². The van der Waals surface area contributed by atoms with Crippen LogP contribution >= 0.6 is 0 Å². The number of carbonyl (C=O) groups is 1. The molecule has 1 saturated carbocycles. The summed E-state index contributed by atoms with van der Waals surface area (Å²) >= 11 is 0. The van der Waals surface area contributed by atoms with E-state index in [4.69, 9.17) is 0 Å². The normalized spacial score (nSPS) is 16.5. The Balaban J connectivity index is 1.82. The Morgan fingerprint density at radius 3 is 2.39 bits per heavy atom. The highest BCUT2D eigenvalue weighted by atomic mass is 32.2. The Hall–Kier alpha value is -2.38. The van der Waals surface area contributed by atoms with Crippen LogP contribution < -0.4 is 10.0 Å². The van der Waals surface area contributed by atoms with Crippen LogP contribution in [0.2, 0.25) is 0 Å². The summed E-state index contributed by atoms with van der Waals surface area (Å²) in [5, 5.41) is 12.9. The Bertz CT molecular complexity index is 923. The minimum atomic E-state index is -3.85. The molecule has 0 bridgehead atoms. The van der Waals surface area contributed by atoms with Crippen LogP contribution in [0.1, 0.15) is 61.0 Å². The number of sulfonamides is 1. The Morgan fingerprint density at radius 1 is 1.07 bits per heavy atom. The van der Waals surface area contributed by atoms with E-state index in [1.807, 2.05) is 30.3 Å². The average molecular weight is 403 g/mol. The van der Waals surface area contributed by atoms with Gasteiger partial charge in [0.05, 0.1) is 10.5 Å². The van der Waals surface area contributed by atoms with Crippen molar-refractivity contribution in [1.82, 2.24) is 4.72 Å². The predicted octanol–water partition coefficient (Wildman–Crippen LogP) is 4.17. The Morgan fingerprint density at radius 2 is 1.75 bits per heavy atom. The first-order valence-corrected chi connectivity index (χ1v) is 11.1. The third kappa shape index (κ3) is 4.91. The summed E-state index contributed by atoms with van der Waals surface area (Å²) in [4.78, 5) is 11.7. The molecule has 0 aliphatic heterocycles. The average Bonchev–Trinajstić information content (AvgIpc) is 2.69. The molecule has 3 rings (SSSR count). The molecule has 0 radical (unpaired) electrons. The number of aromatic carboxylic acids is 1. The summed E-state index contributed by atoms with van der Waals surface area (Å²) in [7, 11) is -3.85. The third-order valence-corrected chi connectivity index (χ3v) is 6.67. The molecule has 1 atom stereocenters. The van der Waals surface area contributed by atoms with Gasteiger partial charge in [-0.3, -0.25) is 0 Å². The van der Waals surface area contributed by atoms with Crippen LogP contribution in [0.25, 0.3) is 0 Å². The second-order valence-corrected chi connectivity index (χ2v) is 8.96. The summed E-state index contributed by atoms with van der Waals surface area (Å²) in [5.74, 6) is -1.15. The van der Waals surface area contributed by atoms with Crippen molar-refractivity contribution in [3.05, 3.63) is 59.7 Å². The summed E-state index contributed by atoms with van der Waals surface area (Å²) in [6.07, 6.45) is 5.43. The molecule has 2 aromatic rings. The molecule has 2 aromatic carbocycles. The van der Waals surface area contributed by atoms with E-state index < -0.39 is 22.0 Å². The first-order chi connectivity index (χ1) is 13.4. The lowest BCUT2D eigenvalue weighted by atomic mass is 9.95. The fraction of sp³-hybridized carbons (Fsp3) is 0.381. The highest BCUT2D eigenvalue weighted by Gasteiger charge is 2.23. The lowest BCUT2D eigenvalue weighted by Crippen LogP contribution is -2.27. The van der Waals surface area contributed by atoms with E-state index in [1.165, 1.54) is 18.6 Å². The molecule has 1 aliphatic carbocycles. The van der Waals surface area contributed by atoms with Gasteiger partial charge in [-0.05, 0) is 43.5 Å². The molecule has 28 heavy (non-hydrogen) atoms. The molecule has 0 spiro atoms. The topological polar surface area (TPSA) is 95.5 Å². The van der Waals surface area contributed by atoms with E-state index >= 15 is 0 Å². The minimum Gasteiger partial charge on any atom is -0.478 e. The number of hydrogen-bond acceptors (Lipinski definition) is 4. The first-order valence-electron chi connectivity index (χ1n) is 9.58. The number of carboxylic acids is 1. The number of benzene rings is 2. The molecule has 3 N–H and O–H groups in total. The van der Waals surface area contributed by atoms with Gasteiger partial charge in [0.1, 0.15) is 0 Å². The molecule has 150 valence electrons. The van der Waals surface area contributed by atoms with Crippen LogP contribution in [-0.2, 0) is 10.0 Å². The summed E-state index contributed by atoms with van der Waals surface area (Å²) in [5.41, 5.74) is 1.27. The molecule has 0 amide bonds. The van der Waals surface area contributed by atoms with Gasteiger partial charge < -0.3 is 10.4 Å². The summed E-state index contributed by atoms with van der Waals surface area (Å²) < 4.78 is 28.1. The highest BCUT2D eigenvalue weighted by Crippen LogP contribution is 2.26. The van der Waals surface area contributed by atoms with E-state index in [9.17, 15) is 18.3 Å². The number of nitrogens with one attached hydrogen (secondary N) is 2. The van der Waals surface area contributed by atoms with E-state index in [0.29, 0.717) is 5.69 Å². The van der Waals surface area contributed by atoms with Gasteiger partial charge >= 0.3 is 5.97 Å². The van der Waals surface area contributed by atoms with Crippen molar-refractivity contribution >= 4 is 21.7 Å². The van der Waals surface area contributed by atoms with E-state index in [-0.39, 0.29) is 16.5 Å². The second kappa shape index (κ2) is 8.75. The maximum Gasteiger partial charge on any atom is 0.337 e. The lowest BCUT2D eigenvalue weighted by molar-refractivity contribution is 0.0697.